The van der Waals surface area contributed by atoms with Gasteiger partial charge in [-0.2, -0.15) is 0 Å². The van der Waals surface area contributed by atoms with Crippen molar-refractivity contribution in [1.82, 2.24) is 14.8 Å². The van der Waals surface area contributed by atoms with E-state index in [9.17, 15) is 13.6 Å². The standard InChI is InChI=1S/C24H20F2N4O2S/c1-16-7-5-6-10-21(16)32-14-22-28-29-24(30(22)18-8-3-2-4-9-18)33-15-23(31)27-20-12-11-17(25)13-19(20)26/h2-13H,14-15H2,1H3,(H,27,31). The number of anilines is 1. The highest BCUT2D eigenvalue weighted by Gasteiger charge is 2.17. The van der Waals surface area contributed by atoms with Crippen LogP contribution >= 0.6 is 11.8 Å². The Kier molecular flexibility index (Phi) is 6.99. The second-order valence-electron chi connectivity index (χ2n) is 7.08. The lowest BCUT2D eigenvalue weighted by molar-refractivity contribution is -0.113. The maximum atomic E-state index is 13.8. The summed E-state index contributed by atoms with van der Waals surface area (Å²) in [6.45, 7) is 2.14. The Morgan fingerprint density at radius 2 is 1.79 bits per heavy atom. The molecule has 1 amide bonds. The third-order valence-corrected chi connectivity index (χ3v) is 5.63. The van der Waals surface area contributed by atoms with E-state index in [1.807, 2.05) is 66.1 Å². The number of nitrogens with zero attached hydrogens (tertiary/aromatic N) is 3. The third-order valence-electron chi connectivity index (χ3n) is 4.70. The SMILES string of the molecule is Cc1ccccc1OCc1nnc(SCC(=O)Nc2ccc(F)cc2F)n1-c1ccccc1. The molecular formula is C24H20F2N4O2S. The molecule has 1 N–H and O–H groups in total. The molecule has 1 heterocycles. The fourth-order valence-corrected chi connectivity index (χ4v) is 3.86. The minimum absolute atomic E-state index is 0.0412. The van der Waals surface area contributed by atoms with Gasteiger partial charge in [0.2, 0.25) is 5.91 Å². The molecule has 0 unspecified atom stereocenters. The molecule has 0 aliphatic heterocycles. The maximum Gasteiger partial charge on any atom is 0.234 e. The Bertz CT molecular complexity index is 1260. The van der Waals surface area contributed by atoms with Gasteiger partial charge >= 0.3 is 0 Å². The van der Waals surface area contributed by atoms with E-state index in [4.69, 9.17) is 4.74 Å². The molecule has 6 nitrogen and oxygen atoms in total. The predicted molar refractivity (Wildman–Crippen MR) is 123 cm³/mol. The number of thioether (sulfide) groups is 1. The molecule has 0 aliphatic carbocycles. The number of aryl methyl sites for hydroxylation is 1. The molecule has 0 radical (unpaired) electrons. The van der Waals surface area contributed by atoms with Crippen molar-refractivity contribution in [1.29, 1.82) is 0 Å². The first kappa shape index (κ1) is 22.5. The van der Waals surface area contributed by atoms with Crippen molar-refractivity contribution in [2.24, 2.45) is 0 Å². The van der Waals surface area contributed by atoms with Gasteiger partial charge < -0.3 is 10.1 Å². The van der Waals surface area contributed by atoms with E-state index in [0.29, 0.717) is 11.0 Å². The number of ether oxygens (including phenoxy) is 1. The lowest BCUT2D eigenvalue weighted by atomic mass is 10.2. The quantitative estimate of drug-likeness (QED) is 0.363. The van der Waals surface area contributed by atoms with Crippen LogP contribution in [0.1, 0.15) is 11.4 Å². The molecule has 0 saturated heterocycles. The third kappa shape index (κ3) is 5.56. The number of hydrogen-bond donors (Lipinski definition) is 1. The number of halogens is 2. The number of carbonyl (C=O) groups excluding carboxylic acids is 1. The van der Waals surface area contributed by atoms with Crippen molar-refractivity contribution in [3.8, 4) is 11.4 Å². The Hall–Kier alpha value is -3.72. The fraction of sp³-hybridized carbons (Fsp3) is 0.125. The smallest absolute Gasteiger partial charge is 0.234 e. The number of para-hydroxylation sites is 2. The highest BCUT2D eigenvalue weighted by atomic mass is 32.2. The molecule has 168 valence electrons. The van der Waals surface area contributed by atoms with E-state index in [1.54, 1.807) is 0 Å². The minimum Gasteiger partial charge on any atom is -0.485 e. The van der Waals surface area contributed by atoms with Crippen molar-refractivity contribution >= 4 is 23.4 Å². The summed E-state index contributed by atoms with van der Waals surface area (Å²) in [6, 6.07) is 20.1. The summed E-state index contributed by atoms with van der Waals surface area (Å²) in [6.07, 6.45) is 0. The van der Waals surface area contributed by atoms with Crippen LogP contribution in [0.5, 0.6) is 5.75 Å². The van der Waals surface area contributed by atoms with Crippen molar-refractivity contribution < 1.29 is 18.3 Å². The molecular weight excluding hydrogens is 446 g/mol. The fourth-order valence-electron chi connectivity index (χ4n) is 3.09. The number of nitrogens with one attached hydrogen (secondary N) is 1. The van der Waals surface area contributed by atoms with Crippen molar-refractivity contribution in [2.45, 2.75) is 18.7 Å². The molecule has 4 rings (SSSR count). The van der Waals surface area contributed by atoms with Gasteiger partial charge in [0.25, 0.3) is 0 Å². The van der Waals surface area contributed by atoms with Gasteiger partial charge in [-0.15, -0.1) is 10.2 Å². The van der Waals surface area contributed by atoms with Gasteiger partial charge in [-0.3, -0.25) is 9.36 Å². The Labute approximate surface area is 193 Å². The molecule has 33 heavy (non-hydrogen) atoms. The van der Waals surface area contributed by atoms with Crippen LogP contribution in [0.2, 0.25) is 0 Å². The highest BCUT2D eigenvalue weighted by molar-refractivity contribution is 7.99. The number of hydrogen-bond acceptors (Lipinski definition) is 5. The van der Waals surface area contributed by atoms with Crippen LogP contribution in [0.3, 0.4) is 0 Å². The van der Waals surface area contributed by atoms with Crippen LogP contribution in [0, 0.1) is 18.6 Å². The number of carbonyl (C=O) groups is 1. The van der Waals surface area contributed by atoms with Crippen LogP contribution in [-0.4, -0.2) is 26.4 Å². The zero-order valence-corrected chi connectivity index (χ0v) is 18.5. The maximum absolute atomic E-state index is 13.8. The summed E-state index contributed by atoms with van der Waals surface area (Å²) in [5.74, 6) is -0.731. The molecule has 1 aromatic heterocycles. The summed E-state index contributed by atoms with van der Waals surface area (Å²) < 4.78 is 34.6. The average molecular weight is 467 g/mol. The Balaban J connectivity index is 1.50. The topological polar surface area (TPSA) is 69.0 Å². The van der Waals surface area contributed by atoms with E-state index < -0.39 is 17.5 Å². The van der Waals surface area contributed by atoms with Crippen molar-refractivity contribution in [2.75, 3.05) is 11.1 Å². The average Bonchev–Trinajstić information content (AvgIpc) is 3.22. The molecule has 3 aromatic carbocycles. The molecule has 0 aliphatic rings. The van der Waals surface area contributed by atoms with Crippen LogP contribution in [0.4, 0.5) is 14.5 Å². The largest absolute Gasteiger partial charge is 0.485 e. The van der Waals surface area contributed by atoms with Gasteiger partial charge in [0.15, 0.2) is 11.0 Å². The Morgan fingerprint density at radius 1 is 1.03 bits per heavy atom. The summed E-state index contributed by atoms with van der Waals surface area (Å²) in [7, 11) is 0. The van der Waals surface area contributed by atoms with Gasteiger partial charge in [-0.25, -0.2) is 8.78 Å². The summed E-state index contributed by atoms with van der Waals surface area (Å²) in [5, 5.41) is 11.4. The van der Waals surface area contributed by atoms with E-state index in [2.05, 4.69) is 15.5 Å². The van der Waals surface area contributed by atoms with Crippen LogP contribution in [0.25, 0.3) is 5.69 Å². The molecule has 9 heteroatoms. The summed E-state index contributed by atoms with van der Waals surface area (Å²) >= 11 is 1.15. The normalized spacial score (nSPS) is 10.8. The molecule has 0 atom stereocenters. The number of amides is 1. The van der Waals surface area contributed by atoms with Gasteiger partial charge in [0.05, 0.1) is 11.4 Å². The molecule has 0 spiro atoms. The first-order chi connectivity index (χ1) is 16.0. The van der Waals surface area contributed by atoms with E-state index in [-0.39, 0.29) is 18.0 Å². The molecule has 4 aromatic rings. The minimum atomic E-state index is -0.837. The van der Waals surface area contributed by atoms with Crippen LogP contribution in [0.15, 0.2) is 78.0 Å². The molecule has 0 bridgehead atoms. The Morgan fingerprint density at radius 3 is 2.55 bits per heavy atom. The first-order valence-electron chi connectivity index (χ1n) is 10.1. The van der Waals surface area contributed by atoms with E-state index in [1.165, 1.54) is 6.07 Å². The lowest BCUT2D eigenvalue weighted by Gasteiger charge is -2.12. The van der Waals surface area contributed by atoms with Crippen LogP contribution in [-0.2, 0) is 11.4 Å². The first-order valence-corrected chi connectivity index (χ1v) is 11.1. The van der Waals surface area contributed by atoms with Crippen LogP contribution < -0.4 is 10.1 Å². The van der Waals surface area contributed by atoms with Crippen molar-refractivity contribution in [3.05, 3.63) is 95.8 Å². The summed E-state index contributed by atoms with van der Waals surface area (Å²) in [4.78, 5) is 12.4. The van der Waals surface area contributed by atoms with Gasteiger partial charge in [0, 0.05) is 11.8 Å². The predicted octanol–water partition coefficient (Wildman–Crippen LogP) is 5.16. The second-order valence-corrected chi connectivity index (χ2v) is 8.03. The number of aromatic nitrogens is 3. The van der Waals surface area contributed by atoms with Gasteiger partial charge in [0.1, 0.15) is 24.0 Å². The van der Waals surface area contributed by atoms with Gasteiger partial charge in [-0.1, -0.05) is 48.2 Å². The van der Waals surface area contributed by atoms with E-state index in [0.717, 1.165) is 40.9 Å². The monoisotopic (exact) mass is 466 g/mol. The zero-order chi connectivity index (χ0) is 23.2. The highest BCUT2D eigenvalue weighted by Crippen LogP contribution is 2.24. The lowest BCUT2D eigenvalue weighted by Crippen LogP contribution is -2.16. The second kappa shape index (κ2) is 10.3. The molecule has 0 fully saturated rings. The zero-order valence-electron chi connectivity index (χ0n) is 17.7. The number of benzene rings is 3. The molecule has 0 saturated carbocycles. The van der Waals surface area contributed by atoms with E-state index >= 15 is 0 Å². The summed E-state index contributed by atoms with van der Waals surface area (Å²) in [5.41, 5.74) is 1.74. The number of rotatable bonds is 8. The van der Waals surface area contributed by atoms with Gasteiger partial charge in [-0.05, 0) is 42.8 Å². The van der Waals surface area contributed by atoms with Crippen molar-refractivity contribution in [3.63, 3.8) is 0 Å².